The fourth-order valence-corrected chi connectivity index (χ4v) is 2.01. The third-order valence-electron chi connectivity index (χ3n) is 3.28. The zero-order valence-electron chi connectivity index (χ0n) is 11.5. The van der Waals surface area contributed by atoms with Crippen LogP contribution in [0.3, 0.4) is 0 Å². The van der Waals surface area contributed by atoms with Crippen LogP contribution < -0.4 is 0 Å². The van der Waals surface area contributed by atoms with Crippen molar-refractivity contribution in [1.82, 2.24) is 14.5 Å². The van der Waals surface area contributed by atoms with Gasteiger partial charge in [0.2, 0.25) is 5.91 Å². The maximum Gasteiger partial charge on any atom is 0.248 e. The van der Waals surface area contributed by atoms with Gasteiger partial charge >= 0.3 is 0 Å². The van der Waals surface area contributed by atoms with Gasteiger partial charge in [0, 0.05) is 33.1 Å². The van der Waals surface area contributed by atoms with Crippen LogP contribution in [-0.4, -0.2) is 53.3 Å². The van der Waals surface area contributed by atoms with E-state index in [1.165, 1.54) is 0 Å². The van der Waals surface area contributed by atoms with Crippen molar-refractivity contribution in [2.75, 3.05) is 26.9 Å². The maximum atomic E-state index is 11.9. The van der Waals surface area contributed by atoms with Crippen LogP contribution in [0.4, 0.5) is 0 Å². The van der Waals surface area contributed by atoms with Gasteiger partial charge in [0.1, 0.15) is 12.4 Å². The van der Waals surface area contributed by atoms with Gasteiger partial charge in [-0.1, -0.05) is 0 Å². The Labute approximate surface area is 113 Å². The number of aryl methyl sites for hydroxylation is 1. The normalized spacial score (nSPS) is 18.7. The van der Waals surface area contributed by atoms with E-state index in [1.54, 1.807) is 18.1 Å². The molecule has 1 fully saturated rings. The van der Waals surface area contributed by atoms with Gasteiger partial charge < -0.3 is 18.9 Å². The highest BCUT2D eigenvalue weighted by molar-refractivity contribution is 5.77. The fraction of sp³-hybridized carbons (Fsp3) is 0.692. The minimum atomic E-state index is -0.0407. The van der Waals surface area contributed by atoms with E-state index in [4.69, 9.17) is 9.47 Å². The van der Waals surface area contributed by atoms with E-state index in [0.717, 1.165) is 25.3 Å². The first-order valence-electron chi connectivity index (χ1n) is 6.56. The Morgan fingerprint density at radius 2 is 2.53 bits per heavy atom. The molecule has 6 nitrogen and oxygen atoms in total. The number of hydrogen-bond donors (Lipinski definition) is 0. The Morgan fingerprint density at radius 1 is 1.68 bits per heavy atom. The van der Waals surface area contributed by atoms with Crippen molar-refractivity contribution in [1.29, 1.82) is 0 Å². The van der Waals surface area contributed by atoms with E-state index < -0.39 is 0 Å². The molecule has 1 aliphatic rings. The van der Waals surface area contributed by atoms with Crippen LogP contribution in [0.15, 0.2) is 12.4 Å². The Morgan fingerprint density at radius 3 is 3.16 bits per heavy atom. The summed E-state index contributed by atoms with van der Waals surface area (Å²) in [5, 5.41) is 0. The topological polar surface area (TPSA) is 56.6 Å². The second kappa shape index (κ2) is 6.68. The molecule has 0 unspecified atom stereocenters. The molecule has 1 aromatic rings. The van der Waals surface area contributed by atoms with Gasteiger partial charge in [-0.15, -0.1) is 0 Å². The quantitative estimate of drug-likeness (QED) is 0.756. The molecule has 19 heavy (non-hydrogen) atoms. The van der Waals surface area contributed by atoms with Gasteiger partial charge in [-0.2, -0.15) is 0 Å². The molecule has 0 spiro atoms. The summed E-state index contributed by atoms with van der Waals surface area (Å²) in [5.41, 5.74) is 0. The molecule has 1 aliphatic heterocycles. The Balaban J connectivity index is 1.68. The van der Waals surface area contributed by atoms with Crippen LogP contribution >= 0.6 is 0 Å². The van der Waals surface area contributed by atoms with Crippen molar-refractivity contribution in [3.8, 4) is 0 Å². The fourth-order valence-electron chi connectivity index (χ4n) is 2.01. The van der Waals surface area contributed by atoms with Gasteiger partial charge in [-0.05, 0) is 12.8 Å². The van der Waals surface area contributed by atoms with Crippen LogP contribution in [0, 0.1) is 0 Å². The van der Waals surface area contributed by atoms with Crippen molar-refractivity contribution >= 4 is 5.91 Å². The Hall–Kier alpha value is -1.40. The molecule has 6 heteroatoms. The minimum Gasteiger partial charge on any atom is -0.376 e. The lowest BCUT2D eigenvalue weighted by molar-refractivity contribution is -0.136. The molecule has 1 aromatic heterocycles. The van der Waals surface area contributed by atoms with Gasteiger partial charge in [-0.3, -0.25) is 4.79 Å². The average molecular weight is 267 g/mol. The highest BCUT2D eigenvalue weighted by atomic mass is 16.5. The van der Waals surface area contributed by atoms with Crippen molar-refractivity contribution < 1.29 is 14.3 Å². The maximum absolute atomic E-state index is 11.9. The lowest BCUT2D eigenvalue weighted by Crippen LogP contribution is -2.31. The van der Waals surface area contributed by atoms with Crippen molar-refractivity contribution in [2.45, 2.75) is 25.5 Å². The van der Waals surface area contributed by atoms with Crippen LogP contribution in [0.5, 0.6) is 0 Å². The summed E-state index contributed by atoms with van der Waals surface area (Å²) in [4.78, 5) is 17.7. The lowest BCUT2D eigenvalue weighted by Gasteiger charge is -2.17. The number of ether oxygens (including phenoxy) is 2. The van der Waals surface area contributed by atoms with Crippen molar-refractivity contribution in [2.24, 2.45) is 7.05 Å². The number of aromatic nitrogens is 2. The van der Waals surface area contributed by atoms with Crippen molar-refractivity contribution in [3.05, 3.63) is 18.2 Å². The number of imidazole rings is 1. The number of amides is 1. The average Bonchev–Trinajstić information content (AvgIpc) is 3.02. The monoisotopic (exact) mass is 267 g/mol. The third kappa shape index (κ3) is 4.04. The number of hydrogen-bond acceptors (Lipinski definition) is 4. The lowest BCUT2D eigenvalue weighted by atomic mass is 10.2. The predicted octanol–water partition coefficient (Wildman–Crippen LogP) is 0.574. The second-order valence-corrected chi connectivity index (χ2v) is 4.85. The number of rotatable bonds is 6. The van der Waals surface area contributed by atoms with Gasteiger partial charge in [0.15, 0.2) is 0 Å². The predicted molar refractivity (Wildman–Crippen MR) is 69.5 cm³/mol. The largest absolute Gasteiger partial charge is 0.376 e. The summed E-state index contributed by atoms with van der Waals surface area (Å²) in [6, 6.07) is 0. The third-order valence-corrected chi connectivity index (χ3v) is 3.28. The van der Waals surface area contributed by atoms with E-state index in [9.17, 15) is 4.79 Å². The Bertz CT molecular complexity index is 413. The highest BCUT2D eigenvalue weighted by Gasteiger charge is 2.17. The number of likely N-dealkylation sites (N-methyl/N-ethyl adjacent to an activating group) is 1. The first-order chi connectivity index (χ1) is 9.16. The van der Waals surface area contributed by atoms with E-state index in [2.05, 4.69) is 4.98 Å². The van der Waals surface area contributed by atoms with E-state index in [-0.39, 0.29) is 18.6 Å². The minimum absolute atomic E-state index is 0.0407. The molecule has 1 amide bonds. The smallest absolute Gasteiger partial charge is 0.248 e. The van der Waals surface area contributed by atoms with Gasteiger partial charge in [0.25, 0.3) is 0 Å². The number of carbonyl (C=O) groups excluding carboxylic acids is 1. The standard InChI is InChI=1S/C13H21N3O3/c1-15-6-5-14-12(15)8-16(2)13(17)10-18-9-11-4-3-7-19-11/h5-6,11H,3-4,7-10H2,1-2H3/t11-/m1/s1. The molecule has 1 atom stereocenters. The summed E-state index contributed by atoms with van der Waals surface area (Å²) in [7, 11) is 3.67. The summed E-state index contributed by atoms with van der Waals surface area (Å²) < 4.78 is 12.7. The zero-order chi connectivity index (χ0) is 13.7. The van der Waals surface area contributed by atoms with Crippen LogP contribution in [0.2, 0.25) is 0 Å². The van der Waals surface area contributed by atoms with Crippen LogP contribution in [0.1, 0.15) is 18.7 Å². The SMILES string of the molecule is CN(Cc1nccn1C)C(=O)COC[C@H]1CCCO1. The second-order valence-electron chi connectivity index (χ2n) is 4.85. The summed E-state index contributed by atoms with van der Waals surface area (Å²) in [6.07, 6.45) is 5.86. The molecule has 0 aromatic carbocycles. The zero-order valence-corrected chi connectivity index (χ0v) is 11.5. The number of nitrogens with zero attached hydrogens (tertiary/aromatic N) is 3. The molecule has 0 aliphatic carbocycles. The molecular weight excluding hydrogens is 246 g/mol. The summed E-state index contributed by atoms with van der Waals surface area (Å²) >= 11 is 0. The Kier molecular flexibility index (Phi) is 4.93. The first-order valence-corrected chi connectivity index (χ1v) is 6.56. The molecule has 0 saturated carbocycles. The molecule has 2 rings (SSSR count). The van der Waals surface area contributed by atoms with E-state index in [1.807, 2.05) is 17.8 Å². The van der Waals surface area contributed by atoms with E-state index >= 15 is 0 Å². The summed E-state index contributed by atoms with van der Waals surface area (Å²) in [5.74, 6) is 0.816. The molecule has 0 N–H and O–H groups in total. The molecule has 1 saturated heterocycles. The molecule has 0 radical (unpaired) electrons. The van der Waals surface area contributed by atoms with E-state index in [0.29, 0.717) is 13.2 Å². The number of carbonyl (C=O) groups is 1. The van der Waals surface area contributed by atoms with Crippen molar-refractivity contribution in [3.63, 3.8) is 0 Å². The summed E-state index contributed by atoms with van der Waals surface area (Å²) in [6.45, 7) is 1.90. The van der Waals surface area contributed by atoms with Crippen LogP contribution in [-0.2, 0) is 27.9 Å². The van der Waals surface area contributed by atoms with Crippen LogP contribution in [0.25, 0.3) is 0 Å². The molecule has 106 valence electrons. The molecule has 2 heterocycles. The van der Waals surface area contributed by atoms with Gasteiger partial charge in [-0.25, -0.2) is 4.98 Å². The first kappa shape index (κ1) is 14.0. The molecular formula is C13H21N3O3. The van der Waals surface area contributed by atoms with Gasteiger partial charge in [0.05, 0.1) is 19.3 Å². The highest BCUT2D eigenvalue weighted by Crippen LogP contribution is 2.11. The molecule has 0 bridgehead atoms.